The van der Waals surface area contributed by atoms with Gasteiger partial charge < -0.3 is 25.3 Å². The Morgan fingerprint density at radius 1 is 1.18 bits per heavy atom. The van der Waals surface area contributed by atoms with Gasteiger partial charge in [-0.3, -0.25) is 9.59 Å². The van der Waals surface area contributed by atoms with E-state index in [9.17, 15) is 9.59 Å². The van der Waals surface area contributed by atoms with Gasteiger partial charge in [-0.25, -0.2) is 19.6 Å². The van der Waals surface area contributed by atoms with E-state index < -0.39 is 11.7 Å². The van der Waals surface area contributed by atoms with Crippen LogP contribution in [0, 0.1) is 6.92 Å². The van der Waals surface area contributed by atoms with Crippen molar-refractivity contribution in [3.05, 3.63) is 66.5 Å². The average Bonchev–Trinajstić information content (AvgIpc) is 3.62. The number of methoxy groups -OCH3 is 1. The summed E-state index contributed by atoms with van der Waals surface area (Å²) < 4.78 is 6.96. The predicted molar refractivity (Wildman–Crippen MR) is 143 cm³/mol. The smallest absolute Gasteiger partial charge is 0.295 e. The summed E-state index contributed by atoms with van der Waals surface area (Å²) in [6.07, 6.45) is 7.58. The second-order valence-electron chi connectivity index (χ2n) is 8.61. The predicted octanol–water partition coefficient (Wildman–Crippen LogP) is 1.06. The lowest BCUT2D eigenvalue weighted by atomic mass is 10.1. The number of carbonyl (C=O) groups excluding carboxylic acids is 2. The monoisotopic (exact) mass is 529 g/mol. The van der Waals surface area contributed by atoms with Gasteiger partial charge in [-0.05, 0) is 19.1 Å². The van der Waals surface area contributed by atoms with Crippen molar-refractivity contribution < 1.29 is 14.3 Å². The van der Waals surface area contributed by atoms with Gasteiger partial charge in [0.05, 0.1) is 29.8 Å². The number of Topliss-reactive ketones (excluding diaryl/α,β-unsaturated/α-hetero) is 1. The fraction of sp³-hybridized carbons (Fsp3) is 0.240. The van der Waals surface area contributed by atoms with Gasteiger partial charge in [-0.15, -0.1) is 0 Å². The maximum absolute atomic E-state index is 13.4. The van der Waals surface area contributed by atoms with Gasteiger partial charge in [0.15, 0.2) is 11.6 Å². The van der Waals surface area contributed by atoms with Crippen LogP contribution in [0.2, 0.25) is 0 Å². The first-order valence-corrected chi connectivity index (χ1v) is 12.1. The van der Waals surface area contributed by atoms with Crippen LogP contribution in [0.15, 0.2) is 60.2 Å². The number of ether oxygens (including phenoxy) is 1. The average molecular weight is 530 g/mol. The van der Waals surface area contributed by atoms with Crippen LogP contribution in [0.1, 0.15) is 16.2 Å². The molecule has 4 aromatic heterocycles. The molecule has 5 heterocycles. The van der Waals surface area contributed by atoms with Crippen molar-refractivity contribution in [1.29, 1.82) is 0 Å². The van der Waals surface area contributed by atoms with Crippen molar-refractivity contribution in [3.8, 4) is 11.6 Å². The van der Waals surface area contributed by atoms with Crippen LogP contribution in [0.5, 0.6) is 5.75 Å². The molecular formula is C25H27N11O3. The Morgan fingerprint density at radius 2 is 1.95 bits per heavy atom. The van der Waals surface area contributed by atoms with Crippen molar-refractivity contribution in [1.82, 2.24) is 39.5 Å². The van der Waals surface area contributed by atoms with Crippen LogP contribution < -0.4 is 15.5 Å². The number of fused-ring (bicyclic) bond motifs is 1. The maximum atomic E-state index is 13.4. The van der Waals surface area contributed by atoms with Gasteiger partial charge in [0.1, 0.15) is 23.7 Å². The molecule has 3 N–H and O–H groups in total. The van der Waals surface area contributed by atoms with E-state index in [-0.39, 0.29) is 5.56 Å². The zero-order valence-corrected chi connectivity index (χ0v) is 21.5. The molecule has 200 valence electrons. The van der Waals surface area contributed by atoms with Crippen LogP contribution >= 0.6 is 0 Å². The lowest BCUT2D eigenvalue weighted by Gasteiger charge is -2.38. The quantitative estimate of drug-likeness (QED) is 0.146. The number of piperazine rings is 1. The lowest BCUT2D eigenvalue weighted by molar-refractivity contribution is -0.127. The van der Waals surface area contributed by atoms with E-state index in [1.54, 1.807) is 25.3 Å². The third-order valence-corrected chi connectivity index (χ3v) is 6.40. The number of nitrogens with zero attached hydrogens (tertiary/aromatic N) is 9. The number of rotatable bonds is 8. The minimum atomic E-state index is -0.655. The Morgan fingerprint density at radius 3 is 2.56 bits per heavy atom. The topological polar surface area (TPSA) is 164 Å². The van der Waals surface area contributed by atoms with Crippen LogP contribution in [0.3, 0.4) is 0 Å². The number of amides is 1. The van der Waals surface area contributed by atoms with Crippen molar-refractivity contribution in [2.24, 2.45) is 10.8 Å². The minimum Gasteiger partial charge on any atom is -0.494 e. The molecule has 14 nitrogen and oxygen atoms in total. The first kappa shape index (κ1) is 25.4. The van der Waals surface area contributed by atoms with E-state index in [1.165, 1.54) is 46.6 Å². The van der Waals surface area contributed by atoms with Crippen molar-refractivity contribution in [2.45, 2.75) is 6.92 Å². The Hall–Kier alpha value is -5.27. The van der Waals surface area contributed by atoms with Crippen LogP contribution in [0.25, 0.3) is 16.7 Å². The van der Waals surface area contributed by atoms with Crippen molar-refractivity contribution in [2.75, 3.05) is 38.3 Å². The second-order valence-corrected chi connectivity index (χ2v) is 8.61. The third kappa shape index (κ3) is 4.63. The molecule has 39 heavy (non-hydrogen) atoms. The number of carbonyl (C=O) groups is 2. The van der Waals surface area contributed by atoms with E-state index >= 15 is 0 Å². The fourth-order valence-electron chi connectivity index (χ4n) is 4.51. The maximum Gasteiger partial charge on any atom is 0.295 e. The summed E-state index contributed by atoms with van der Waals surface area (Å²) in [6, 6.07) is 5.42. The number of ketones is 1. The summed E-state index contributed by atoms with van der Waals surface area (Å²) in [4.78, 5) is 46.2. The largest absolute Gasteiger partial charge is 0.494 e. The first-order valence-electron chi connectivity index (χ1n) is 12.1. The normalized spacial score (nSPS) is 13.9. The summed E-state index contributed by atoms with van der Waals surface area (Å²) in [6.45, 7) is 6.87. The number of H-pyrrole nitrogens is 1. The molecule has 14 heteroatoms. The molecular weight excluding hydrogens is 502 g/mol. The fourth-order valence-corrected chi connectivity index (χ4v) is 4.51. The van der Waals surface area contributed by atoms with Gasteiger partial charge in [0.25, 0.3) is 11.7 Å². The molecule has 0 spiro atoms. The highest BCUT2D eigenvalue weighted by molar-refractivity contribution is 6.45. The molecule has 0 radical (unpaired) electrons. The summed E-state index contributed by atoms with van der Waals surface area (Å²) in [7, 11) is 1.48. The molecule has 0 saturated carbocycles. The van der Waals surface area contributed by atoms with E-state index in [2.05, 4.69) is 36.9 Å². The highest BCUT2D eigenvalue weighted by Crippen LogP contribution is 2.32. The number of nitrogens with one attached hydrogen (secondary N) is 1. The number of hydrogen-bond donors (Lipinski definition) is 2. The zero-order valence-electron chi connectivity index (χ0n) is 21.5. The van der Waals surface area contributed by atoms with E-state index in [0.717, 1.165) is 0 Å². The van der Waals surface area contributed by atoms with E-state index in [0.29, 0.717) is 66.1 Å². The standard InChI is InChI=1S/C25H27N11O3/c1-16-31-15-35(32-16)24-22-21(18(39-3)14-30-24)17(13-29-22)23(37)25(38)34-10-8-33(9-11-34)20(12-26)36(27-2)19-6-4-5-7-28-19/h4-7,12-15,29H,2,8-11,26H2,1,3H3/b20-12-. The molecule has 1 aliphatic heterocycles. The number of pyridine rings is 2. The molecule has 0 atom stereocenters. The summed E-state index contributed by atoms with van der Waals surface area (Å²) in [5.41, 5.74) is 6.63. The molecule has 1 saturated heterocycles. The number of aromatic nitrogens is 6. The second kappa shape index (κ2) is 10.6. The molecule has 0 unspecified atom stereocenters. The number of hydrazone groups is 1. The molecule has 1 aliphatic rings. The SMILES string of the molecule is C=NN(/C(=C\N)N1CCN(C(=O)C(=O)c2c[nH]c3c(-n4cnc(C)n4)ncc(OC)c23)CC1)c1ccccn1. The minimum absolute atomic E-state index is 0.189. The molecule has 0 aliphatic carbocycles. The van der Waals surface area contributed by atoms with Gasteiger partial charge in [0, 0.05) is 51.5 Å². The summed E-state index contributed by atoms with van der Waals surface area (Å²) in [5, 5.41) is 10.3. The molecule has 4 aromatic rings. The number of aryl methyl sites for hydroxylation is 1. The van der Waals surface area contributed by atoms with E-state index in [4.69, 9.17) is 10.5 Å². The van der Waals surface area contributed by atoms with Gasteiger partial charge in [-0.2, -0.15) is 15.2 Å². The Labute approximate surface area is 223 Å². The molecule has 1 fully saturated rings. The lowest BCUT2D eigenvalue weighted by Crippen LogP contribution is -2.51. The summed E-state index contributed by atoms with van der Waals surface area (Å²) >= 11 is 0. The first-order chi connectivity index (χ1) is 19.0. The number of hydrogen-bond acceptors (Lipinski definition) is 11. The van der Waals surface area contributed by atoms with Crippen LogP contribution in [-0.4, -0.2) is 91.2 Å². The number of anilines is 1. The molecule has 0 bridgehead atoms. The van der Waals surface area contributed by atoms with Crippen LogP contribution in [0.4, 0.5) is 5.82 Å². The van der Waals surface area contributed by atoms with Gasteiger partial charge in [0.2, 0.25) is 0 Å². The Bertz CT molecular complexity index is 1550. The molecule has 0 aromatic carbocycles. The van der Waals surface area contributed by atoms with Gasteiger partial charge in [-0.1, -0.05) is 6.07 Å². The molecule has 1 amide bonds. The highest BCUT2D eigenvalue weighted by atomic mass is 16.5. The van der Waals surface area contributed by atoms with Crippen molar-refractivity contribution >= 4 is 35.1 Å². The van der Waals surface area contributed by atoms with Crippen LogP contribution in [-0.2, 0) is 4.79 Å². The Kier molecular flexibility index (Phi) is 6.91. The number of aromatic amines is 1. The van der Waals surface area contributed by atoms with E-state index in [1.807, 2.05) is 11.0 Å². The Balaban J connectivity index is 1.35. The summed E-state index contributed by atoms with van der Waals surface area (Å²) in [5.74, 6) is 1.22. The highest BCUT2D eigenvalue weighted by Gasteiger charge is 2.31. The van der Waals surface area contributed by atoms with Gasteiger partial charge >= 0.3 is 0 Å². The van der Waals surface area contributed by atoms with Crippen molar-refractivity contribution in [3.63, 3.8) is 0 Å². The number of nitrogens with two attached hydrogens (primary N) is 1. The molecule has 5 rings (SSSR count). The third-order valence-electron chi connectivity index (χ3n) is 6.40. The zero-order chi connectivity index (χ0) is 27.5.